The minimum absolute atomic E-state index is 0.259. The maximum atomic E-state index is 12.4. The number of nitrogens with zero attached hydrogens (tertiary/aromatic N) is 1. The number of carbonyl (C=O) groups excluding carboxylic acids is 1. The highest BCUT2D eigenvalue weighted by atomic mass is 35.5. The van der Waals surface area contributed by atoms with E-state index in [1.807, 2.05) is 18.2 Å². The van der Waals surface area contributed by atoms with Crippen LogP contribution in [-0.4, -0.2) is 23.9 Å². The van der Waals surface area contributed by atoms with Gasteiger partial charge in [0.25, 0.3) is 5.91 Å². The second-order valence-electron chi connectivity index (χ2n) is 6.01. The molecule has 3 rings (SSSR count). The van der Waals surface area contributed by atoms with Gasteiger partial charge in [0, 0.05) is 17.1 Å². The molecule has 0 aromatic heterocycles. The lowest BCUT2D eigenvalue weighted by atomic mass is 10.1. The zero-order valence-corrected chi connectivity index (χ0v) is 15.8. The summed E-state index contributed by atoms with van der Waals surface area (Å²) in [7, 11) is 0. The average molecular weight is 399 g/mol. The van der Waals surface area contributed by atoms with E-state index in [9.17, 15) is 4.79 Å². The van der Waals surface area contributed by atoms with Crippen LogP contribution >= 0.6 is 34.8 Å². The van der Waals surface area contributed by atoms with E-state index >= 15 is 0 Å². The molecule has 132 valence electrons. The second-order valence-corrected chi connectivity index (χ2v) is 7.26. The van der Waals surface area contributed by atoms with Crippen LogP contribution < -0.4 is 10.9 Å². The Bertz CT molecular complexity index is 753. The van der Waals surface area contributed by atoms with Crippen molar-refractivity contribution in [3.05, 3.63) is 62.6 Å². The van der Waals surface area contributed by atoms with Crippen LogP contribution in [-0.2, 0) is 6.54 Å². The predicted octanol–water partition coefficient (Wildman–Crippen LogP) is 5.00. The summed E-state index contributed by atoms with van der Waals surface area (Å²) in [5.74, 6) is -0.259. The van der Waals surface area contributed by atoms with E-state index in [0.717, 1.165) is 25.2 Å². The first-order valence-corrected chi connectivity index (χ1v) is 9.18. The van der Waals surface area contributed by atoms with Gasteiger partial charge in [0.05, 0.1) is 15.7 Å². The SMILES string of the molecule is O=C(NNc1c(Cl)cc(Cl)cc1Cl)c1cccc(CN2CCCC2)c1. The van der Waals surface area contributed by atoms with Crippen molar-refractivity contribution in [3.63, 3.8) is 0 Å². The van der Waals surface area contributed by atoms with Crippen LogP contribution in [0.15, 0.2) is 36.4 Å². The average Bonchev–Trinajstić information content (AvgIpc) is 3.07. The highest BCUT2D eigenvalue weighted by Gasteiger charge is 2.14. The summed E-state index contributed by atoms with van der Waals surface area (Å²) in [4.78, 5) is 14.8. The Labute approximate surface area is 162 Å². The van der Waals surface area contributed by atoms with Gasteiger partial charge in [0.2, 0.25) is 0 Å². The number of anilines is 1. The molecule has 2 N–H and O–H groups in total. The minimum atomic E-state index is -0.259. The van der Waals surface area contributed by atoms with E-state index in [2.05, 4.69) is 15.8 Å². The lowest BCUT2D eigenvalue weighted by Gasteiger charge is -2.15. The fourth-order valence-corrected chi connectivity index (χ4v) is 3.77. The van der Waals surface area contributed by atoms with Crippen molar-refractivity contribution in [1.82, 2.24) is 10.3 Å². The van der Waals surface area contributed by atoms with Gasteiger partial charge in [0.15, 0.2) is 0 Å². The van der Waals surface area contributed by atoms with Crippen LogP contribution in [0, 0.1) is 0 Å². The summed E-state index contributed by atoms with van der Waals surface area (Å²) < 4.78 is 0. The van der Waals surface area contributed by atoms with Crippen molar-refractivity contribution in [2.45, 2.75) is 19.4 Å². The maximum Gasteiger partial charge on any atom is 0.269 e. The third-order valence-corrected chi connectivity index (χ3v) is 4.92. The largest absolute Gasteiger partial charge is 0.299 e. The molecule has 0 saturated carbocycles. The summed E-state index contributed by atoms with van der Waals surface area (Å²) in [5, 5.41) is 1.10. The van der Waals surface area contributed by atoms with Crippen LogP contribution in [0.1, 0.15) is 28.8 Å². The zero-order valence-electron chi connectivity index (χ0n) is 13.5. The Morgan fingerprint density at radius 3 is 2.40 bits per heavy atom. The van der Waals surface area contributed by atoms with Gasteiger partial charge in [-0.05, 0) is 55.8 Å². The Balaban J connectivity index is 1.65. The highest BCUT2D eigenvalue weighted by Crippen LogP contribution is 2.33. The lowest BCUT2D eigenvalue weighted by Crippen LogP contribution is -2.29. The Hall–Kier alpha value is -1.46. The van der Waals surface area contributed by atoms with E-state index in [-0.39, 0.29) is 5.91 Å². The number of likely N-dealkylation sites (tertiary alicyclic amines) is 1. The first-order valence-electron chi connectivity index (χ1n) is 8.05. The van der Waals surface area contributed by atoms with Gasteiger partial charge in [0.1, 0.15) is 0 Å². The fourth-order valence-electron chi connectivity index (χ4n) is 2.86. The Morgan fingerprint density at radius 2 is 1.72 bits per heavy atom. The molecule has 2 aromatic carbocycles. The summed E-state index contributed by atoms with van der Waals surface area (Å²) in [6, 6.07) is 10.7. The molecule has 0 aliphatic carbocycles. The standard InChI is InChI=1S/C18H18Cl3N3O/c19-14-9-15(20)17(16(21)10-14)22-23-18(25)13-5-3-4-12(8-13)11-24-6-1-2-7-24/h3-5,8-10,22H,1-2,6-7,11H2,(H,23,25). The van der Waals surface area contributed by atoms with Crippen LogP contribution in [0.3, 0.4) is 0 Å². The molecule has 0 atom stereocenters. The summed E-state index contributed by atoms with van der Waals surface area (Å²) in [5.41, 5.74) is 7.50. The van der Waals surface area contributed by atoms with Gasteiger partial charge in [-0.2, -0.15) is 0 Å². The minimum Gasteiger partial charge on any atom is -0.299 e. The van der Waals surface area contributed by atoms with Crippen molar-refractivity contribution in [3.8, 4) is 0 Å². The molecular formula is C18H18Cl3N3O. The van der Waals surface area contributed by atoms with Crippen molar-refractivity contribution >= 4 is 46.4 Å². The number of rotatable bonds is 5. The van der Waals surface area contributed by atoms with Gasteiger partial charge in [-0.3, -0.25) is 20.5 Å². The molecule has 1 heterocycles. The molecule has 1 fully saturated rings. The van der Waals surface area contributed by atoms with E-state index in [4.69, 9.17) is 34.8 Å². The number of hydrazine groups is 1. The highest BCUT2D eigenvalue weighted by molar-refractivity contribution is 6.41. The van der Waals surface area contributed by atoms with Crippen molar-refractivity contribution in [2.75, 3.05) is 18.5 Å². The third kappa shape index (κ3) is 4.79. The first-order chi connectivity index (χ1) is 12.0. The van der Waals surface area contributed by atoms with Crippen molar-refractivity contribution in [1.29, 1.82) is 0 Å². The molecule has 0 spiro atoms. The lowest BCUT2D eigenvalue weighted by molar-refractivity contribution is 0.0962. The molecule has 7 heteroatoms. The summed E-state index contributed by atoms with van der Waals surface area (Å²) in [6.07, 6.45) is 2.49. The van der Waals surface area contributed by atoms with E-state index in [0.29, 0.717) is 26.3 Å². The summed E-state index contributed by atoms with van der Waals surface area (Å²) >= 11 is 18.1. The van der Waals surface area contributed by atoms with Gasteiger partial charge in [-0.25, -0.2) is 0 Å². The monoisotopic (exact) mass is 397 g/mol. The first kappa shape index (κ1) is 18.3. The predicted molar refractivity (Wildman–Crippen MR) is 104 cm³/mol. The van der Waals surface area contributed by atoms with Gasteiger partial charge in [-0.1, -0.05) is 46.9 Å². The Morgan fingerprint density at radius 1 is 1.04 bits per heavy atom. The molecule has 0 unspecified atom stereocenters. The quantitative estimate of drug-likeness (QED) is 0.697. The fraction of sp³-hybridized carbons (Fsp3) is 0.278. The number of hydrogen-bond donors (Lipinski definition) is 2. The number of hydrogen-bond acceptors (Lipinski definition) is 3. The molecule has 4 nitrogen and oxygen atoms in total. The van der Waals surface area contributed by atoms with Crippen molar-refractivity contribution in [2.24, 2.45) is 0 Å². The topological polar surface area (TPSA) is 44.4 Å². The molecule has 1 amide bonds. The third-order valence-electron chi connectivity index (χ3n) is 4.10. The number of carbonyl (C=O) groups is 1. The van der Waals surface area contributed by atoms with Crippen LogP contribution in [0.4, 0.5) is 5.69 Å². The molecule has 25 heavy (non-hydrogen) atoms. The molecule has 0 radical (unpaired) electrons. The molecule has 1 aliphatic heterocycles. The maximum absolute atomic E-state index is 12.4. The van der Waals surface area contributed by atoms with Gasteiger partial charge >= 0.3 is 0 Å². The number of amides is 1. The van der Waals surface area contributed by atoms with Gasteiger partial charge < -0.3 is 0 Å². The molecule has 0 bridgehead atoms. The second kappa shape index (κ2) is 8.28. The smallest absolute Gasteiger partial charge is 0.269 e. The normalized spacial score (nSPS) is 14.5. The molecular weight excluding hydrogens is 381 g/mol. The summed E-state index contributed by atoms with van der Waals surface area (Å²) in [6.45, 7) is 3.10. The van der Waals surface area contributed by atoms with Gasteiger partial charge in [-0.15, -0.1) is 0 Å². The van der Waals surface area contributed by atoms with Crippen molar-refractivity contribution < 1.29 is 4.79 Å². The van der Waals surface area contributed by atoms with Crippen LogP contribution in [0.2, 0.25) is 15.1 Å². The number of nitrogens with one attached hydrogen (secondary N) is 2. The van der Waals surface area contributed by atoms with E-state index < -0.39 is 0 Å². The number of benzene rings is 2. The van der Waals surface area contributed by atoms with E-state index in [1.54, 1.807) is 18.2 Å². The number of halogens is 3. The molecule has 1 aliphatic rings. The van der Waals surface area contributed by atoms with Crippen LogP contribution in [0.25, 0.3) is 0 Å². The zero-order chi connectivity index (χ0) is 17.8. The molecule has 1 saturated heterocycles. The van der Waals surface area contributed by atoms with E-state index in [1.165, 1.54) is 12.8 Å². The molecule has 2 aromatic rings. The Kier molecular flexibility index (Phi) is 6.07. The van der Waals surface area contributed by atoms with Crippen LogP contribution in [0.5, 0.6) is 0 Å².